The van der Waals surface area contributed by atoms with E-state index in [9.17, 15) is 0 Å². The minimum atomic E-state index is 0.368. The SMILES string of the molecule is NC(=S)c1cc(NCCn2ccnn2)nc2ccccc12. The summed E-state index contributed by atoms with van der Waals surface area (Å²) in [6, 6.07) is 9.68. The molecular formula is C14H14N6S. The number of nitrogens with zero attached hydrogens (tertiary/aromatic N) is 4. The van der Waals surface area contributed by atoms with E-state index in [-0.39, 0.29) is 0 Å². The maximum absolute atomic E-state index is 5.81. The van der Waals surface area contributed by atoms with E-state index in [1.165, 1.54) is 0 Å². The van der Waals surface area contributed by atoms with Crippen LogP contribution < -0.4 is 11.1 Å². The summed E-state index contributed by atoms with van der Waals surface area (Å²) in [7, 11) is 0. The summed E-state index contributed by atoms with van der Waals surface area (Å²) >= 11 is 5.13. The third kappa shape index (κ3) is 2.97. The Labute approximate surface area is 127 Å². The Balaban J connectivity index is 1.83. The van der Waals surface area contributed by atoms with E-state index in [2.05, 4.69) is 20.6 Å². The Morgan fingerprint density at radius 1 is 1.33 bits per heavy atom. The number of nitrogens with one attached hydrogen (secondary N) is 1. The first-order chi connectivity index (χ1) is 10.2. The molecule has 0 unspecified atom stereocenters. The monoisotopic (exact) mass is 298 g/mol. The highest BCUT2D eigenvalue weighted by Crippen LogP contribution is 2.20. The standard InChI is InChI=1S/C14H14N6S/c15-14(21)11-9-13(16-5-7-20-8-6-17-19-20)18-12-4-2-1-3-10(11)12/h1-4,6,8-9H,5,7H2,(H2,15,21)(H,16,18). The molecule has 21 heavy (non-hydrogen) atoms. The van der Waals surface area contributed by atoms with Crippen molar-refractivity contribution in [2.24, 2.45) is 5.73 Å². The van der Waals surface area contributed by atoms with Gasteiger partial charge in [-0.3, -0.25) is 4.68 Å². The van der Waals surface area contributed by atoms with E-state index in [0.717, 1.165) is 22.3 Å². The van der Waals surface area contributed by atoms with Gasteiger partial charge in [-0.05, 0) is 12.1 Å². The van der Waals surface area contributed by atoms with Crippen molar-refractivity contribution < 1.29 is 0 Å². The highest BCUT2D eigenvalue weighted by atomic mass is 32.1. The maximum Gasteiger partial charge on any atom is 0.127 e. The predicted molar refractivity (Wildman–Crippen MR) is 86.1 cm³/mol. The van der Waals surface area contributed by atoms with Crippen LogP contribution in [-0.2, 0) is 6.54 Å². The first-order valence-electron chi connectivity index (χ1n) is 6.51. The molecule has 0 spiro atoms. The Morgan fingerprint density at radius 2 is 2.19 bits per heavy atom. The Kier molecular flexibility index (Phi) is 3.74. The van der Waals surface area contributed by atoms with Gasteiger partial charge in [0.25, 0.3) is 0 Å². The Bertz CT molecular complexity index is 768. The molecule has 2 heterocycles. The number of para-hydroxylation sites is 1. The van der Waals surface area contributed by atoms with Crippen LogP contribution in [0, 0.1) is 0 Å². The first-order valence-corrected chi connectivity index (χ1v) is 6.92. The second kappa shape index (κ2) is 5.84. The van der Waals surface area contributed by atoms with Crippen LogP contribution in [0.4, 0.5) is 5.82 Å². The fourth-order valence-electron chi connectivity index (χ4n) is 2.12. The number of rotatable bonds is 5. The fraction of sp³-hybridized carbons (Fsp3) is 0.143. The van der Waals surface area contributed by atoms with Gasteiger partial charge in [-0.25, -0.2) is 4.98 Å². The third-order valence-corrected chi connectivity index (χ3v) is 3.32. The van der Waals surface area contributed by atoms with Crippen LogP contribution in [0.3, 0.4) is 0 Å². The molecule has 106 valence electrons. The molecule has 6 nitrogen and oxygen atoms in total. The molecule has 0 fully saturated rings. The van der Waals surface area contributed by atoms with E-state index in [1.807, 2.05) is 36.5 Å². The molecule has 3 rings (SSSR count). The van der Waals surface area contributed by atoms with Crippen molar-refractivity contribution in [2.45, 2.75) is 6.54 Å². The zero-order valence-corrected chi connectivity index (χ0v) is 12.0. The second-order valence-corrected chi connectivity index (χ2v) is 4.97. The first kappa shape index (κ1) is 13.4. The summed E-state index contributed by atoms with van der Waals surface area (Å²) in [4.78, 5) is 4.93. The largest absolute Gasteiger partial charge is 0.389 e. The molecule has 3 aromatic rings. The van der Waals surface area contributed by atoms with Gasteiger partial charge in [-0.15, -0.1) is 5.10 Å². The molecule has 3 N–H and O–H groups in total. The normalized spacial score (nSPS) is 10.7. The van der Waals surface area contributed by atoms with Crippen molar-refractivity contribution >= 4 is 33.9 Å². The molecular weight excluding hydrogens is 284 g/mol. The molecule has 0 radical (unpaired) electrons. The summed E-state index contributed by atoms with van der Waals surface area (Å²) in [5.41, 5.74) is 7.51. The lowest BCUT2D eigenvalue weighted by Gasteiger charge is -2.10. The minimum absolute atomic E-state index is 0.368. The van der Waals surface area contributed by atoms with Crippen molar-refractivity contribution in [3.63, 3.8) is 0 Å². The van der Waals surface area contributed by atoms with Gasteiger partial charge in [0.05, 0.1) is 18.3 Å². The average Bonchev–Trinajstić information content (AvgIpc) is 2.99. The molecule has 1 aromatic carbocycles. The highest BCUT2D eigenvalue weighted by Gasteiger charge is 2.07. The summed E-state index contributed by atoms with van der Waals surface area (Å²) in [6.07, 6.45) is 3.47. The molecule has 0 saturated carbocycles. The summed E-state index contributed by atoms with van der Waals surface area (Å²) in [5, 5.41) is 11.9. The predicted octanol–water partition coefficient (Wildman–Crippen LogP) is 1.57. The second-order valence-electron chi connectivity index (χ2n) is 4.53. The maximum atomic E-state index is 5.81. The van der Waals surface area contributed by atoms with E-state index < -0.39 is 0 Å². The van der Waals surface area contributed by atoms with Crippen LogP contribution in [0.1, 0.15) is 5.56 Å². The molecule has 0 aliphatic carbocycles. The van der Waals surface area contributed by atoms with E-state index >= 15 is 0 Å². The number of thiocarbonyl (C=S) groups is 1. The third-order valence-electron chi connectivity index (χ3n) is 3.10. The fourth-order valence-corrected chi connectivity index (χ4v) is 2.29. The number of anilines is 1. The van der Waals surface area contributed by atoms with Gasteiger partial charge in [0, 0.05) is 23.7 Å². The number of aromatic nitrogens is 4. The quantitative estimate of drug-likeness (QED) is 0.696. The number of hydrogen-bond donors (Lipinski definition) is 2. The van der Waals surface area contributed by atoms with Crippen molar-refractivity contribution in [3.05, 3.63) is 48.3 Å². The summed E-state index contributed by atoms with van der Waals surface area (Å²) in [5.74, 6) is 0.747. The van der Waals surface area contributed by atoms with Gasteiger partial charge >= 0.3 is 0 Å². The van der Waals surface area contributed by atoms with Crippen LogP contribution in [0.2, 0.25) is 0 Å². The lowest BCUT2D eigenvalue weighted by atomic mass is 10.1. The van der Waals surface area contributed by atoms with E-state index in [1.54, 1.807) is 10.9 Å². The Hall–Kier alpha value is -2.54. The van der Waals surface area contributed by atoms with Crippen molar-refractivity contribution in [1.29, 1.82) is 0 Å². The average molecular weight is 298 g/mol. The topological polar surface area (TPSA) is 81.6 Å². The molecule has 0 saturated heterocycles. The molecule has 7 heteroatoms. The van der Waals surface area contributed by atoms with Gasteiger partial charge in [-0.1, -0.05) is 35.6 Å². The zero-order chi connectivity index (χ0) is 14.7. The number of fused-ring (bicyclic) bond motifs is 1. The molecule has 0 aliphatic rings. The minimum Gasteiger partial charge on any atom is -0.389 e. The van der Waals surface area contributed by atoms with Crippen LogP contribution in [0.15, 0.2) is 42.7 Å². The summed E-state index contributed by atoms with van der Waals surface area (Å²) < 4.78 is 1.75. The lowest BCUT2D eigenvalue weighted by Crippen LogP contribution is -2.14. The highest BCUT2D eigenvalue weighted by molar-refractivity contribution is 7.80. The number of hydrogen-bond acceptors (Lipinski definition) is 5. The number of pyridine rings is 1. The summed E-state index contributed by atoms with van der Waals surface area (Å²) in [6.45, 7) is 1.39. The number of nitrogens with two attached hydrogens (primary N) is 1. The van der Waals surface area contributed by atoms with Crippen molar-refractivity contribution in [1.82, 2.24) is 20.0 Å². The van der Waals surface area contributed by atoms with Gasteiger partial charge < -0.3 is 11.1 Å². The van der Waals surface area contributed by atoms with Gasteiger partial charge in [0.1, 0.15) is 10.8 Å². The van der Waals surface area contributed by atoms with Crippen LogP contribution >= 0.6 is 12.2 Å². The van der Waals surface area contributed by atoms with Crippen LogP contribution in [0.5, 0.6) is 0 Å². The lowest BCUT2D eigenvalue weighted by molar-refractivity contribution is 0.608. The molecule has 0 atom stereocenters. The zero-order valence-electron chi connectivity index (χ0n) is 11.2. The molecule has 0 amide bonds. The molecule has 0 aliphatic heterocycles. The number of benzene rings is 1. The van der Waals surface area contributed by atoms with Gasteiger partial charge in [0.2, 0.25) is 0 Å². The van der Waals surface area contributed by atoms with Gasteiger partial charge in [-0.2, -0.15) is 0 Å². The molecule has 2 aromatic heterocycles. The van der Waals surface area contributed by atoms with Crippen molar-refractivity contribution in [3.8, 4) is 0 Å². The smallest absolute Gasteiger partial charge is 0.127 e. The van der Waals surface area contributed by atoms with Crippen LogP contribution in [-0.4, -0.2) is 31.5 Å². The Morgan fingerprint density at radius 3 is 2.95 bits per heavy atom. The van der Waals surface area contributed by atoms with Gasteiger partial charge in [0.15, 0.2) is 0 Å². The van der Waals surface area contributed by atoms with E-state index in [0.29, 0.717) is 18.1 Å². The van der Waals surface area contributed by atoms with Crippen molar-refractivity contribution in [2.75, 3.05) is 11.9 Å². The molecule has 0 bridgehead atoms. The van der Waals surface area contributed by atoms with E-state index in [4.69, 9.17) is 18.0 Å². The van der Waals surface area contributed by atoms with Crippen LogP contribution in [0.25, 0.3) is 10.9 Å².